The largest absolute Gasteiger partial charge is 0.530 e. The maximum absolute atomic E-state index is 13.1. The van der Waals surface area contributed by atoms with E-state index >= 15 is 0 Å². The molecular weight excluding hydrogens is 384 g/mol. The van der Waals surface area contributed by atoms with Crippen molar-refractivity contribution in [3.05, 3.63) is 54.5 Å². The number of piperidine rings is 1. The number of rotatable bonds is 3. The van der Waals surface area contributed by atoms with Crippen LogP contribution in [0.1, 0.15) is 24.3 Å². The number of carbonyl (C=O) groups excluding carboxylic acids is 2. The van der Waals surface area contributed by atoms with Crippen molar-refractivity contribution >= 4 is 22.0 Å². The third kappa shape index (κ3) is 2.82. The van der Waals surface area contributed by atoms with Gasteiger partial charge < -0.3 is 14.3 Å². The van der Waals surface area contributed by atoms with Gasteiger partial charge >= 0.3 is 0 Å². The number of carbonyl (C=O) groups is 2. The maximum atomic E-state index is 13.1. The van der Waals surface area contributed by atoms with E-state index in [2.05, 4.69) is 0 Å². The number of likely N-dealkylation sites (tertiary alicyclic amines) is 1. The fourth-order valence-electron chi connectivity index (χ4n) is 4.39. The molecule has 9 heteroatoms. The van der Waals surface area contributed by atoms with E-state index in [0.717, 1.165) is 5.56 Å². The normalized spacial score (nSPS) is 26.1. The first-order valence-electron chi connectivity index (χ1n) is 8.96. The Kier molecular flexibility index (Phi) is 4.51. The minimum absolute atomic E-state index is 0.00522. The molecule has 0 radical (unpaired) electrons. The summed E-state index contributed by atoms with van der Waals surface area (Å²) in [6.45, 7) is 0.144. The molecule has 1 spiro atoms. The van der Waals surface area contributed by atoms with Gasteiger partial charge in [-0.2, -0.15) is 4.31 Å². The van der Waals surface area contributed by atoms with E-state index in [1.165, 1.54) is 29.0 Å². The van der Waals surface area contributed by atoms with Gasteiger partial charge in [0.25, 0.3) is 0 Å². The number of carboxylic acid groups (broad SMARTS) is 1. The van der Waals surface area contributed by atoms with Crippen LogP contribution in [0.5, 0.6) is 0 Å². The van der Waals surface area contributed by atoms with E-state index in [-0.39, 0.29) is 36.9 Å². The van der Waals surface area contributed by atoms with Crippen LogP contribution in [0.4, 0.5) is 4.79 Å². The van der Waals surface area contributed by atoms with Gasteiger partial charge in [-0.15, -0.1) is 0 Å². The number of amides is 2. The third-order valence-corrected chi connectivity index (χ3v) is 7.65. The highest BCUT2D eigenvalue weighted by Crippen LogP contribution is 2.50. The molecule has 2 atom stereocenters. The molecular formula is C19H19N2O6S-. The Morgan fingerprint density at radius 3 is 2.54 bits per heavy atom. The van der Waals surface area contributed by atoms with Crippen molar-refractivity contribution in [1.29, 1.82) is 0 Å². The summed E-state index contributed by atoms with van der Waals surface area (Å²) in [5, 5.41) is 11.4. The van der Waals surface area contributed by atoms with Gasteiger partial charge in [-0.05, 0) is 36.6 Å². The second kappa shape index (κ2) is 6.75. The highest BCUT2D eigenvalue weighted by atomic mass is 32.2. The number of imide groups is 1. The van der Waals surface area contributed by atoms with E-state index < -0.39 is 27.4 Å². The number of hydrogen-bond donors (Lipinski definition) is 0. The SMILES string of the molecule is O=C([O-])N1CCC2(CN(S(=O)(=O)c3ccccc3)CCC2c2ccoc2)C1=O. The average Bonchev–Trinajstić information content (AvgIpc) is 3.32. The number of furan rings is 1. The summed E-state index contributed by atoms with van der Waals surface area (Å²) in [6.07, 6.45) is 2.08. The lowest BCUT2D eigenvalue weighted by molar-refractivity contribution is -0.263. The molecule has 2 aliphatic rings. The first-order chi connectivity index (χ1) is 13.4. The Bertz CT molecular complexity index is 989. The van der Waals surface area contributed by atoms with Crippen LogP contribution in [-0.4, -0.2) is 49.3 Å². The van der Waals surface area contributed by atoms with Gasteiger partial charge in [0, 0.05) is 25.6 Å². The summed E-state index contributed by atoms with van der Waals surface area (Å²) >= 11 is 0. The van der Waals surface area contributed by atoms with Crippen molar-refractivity contribution in [3.63, 3.8) is 0 Å². The summed E-state index contributed by atoms with van der Waals surface area (Å²) in [5.74, 6) is -0.933. The molecule has 2 aliphatic heterocycles. The third-order valence-electron chi connectivity index (χ3n) is 5.79. The highest BCUT2D eigenvalue weighted by Gasteiger charge is 2.57. The molecule has 148 valence electrons. The van der Waals surface area contributed by atoms with Crippen LogP contribution in [0.3, 0.4) is 0 Å². The Morgan fingerprint density at radius 1 is 1.18 bits per heavy atom. The Labute approximate surface area is 162 Å². The van der Waals surface area contributed by atoms with Crippen LogP contribution in [-0.2, 0) is 14.8 Å². The van der Waals surface area contributed by atoms with Gasteiger partial charge in [0.15, 0.2) is 0 Å². The second-order valence-corrected chi connectivity index (χ2v) is 9.12. The lowest BCUT2D eigenvalue weighted by Crippen LogP contribution is -2.55. The molecule has 2 unspecified atom stereocenters. The molecule has 2 aromatic rings. The molecule has 0 saturated carbocycles. The smallest absolute Gasteiger partial charge is 0.243 e. The van der Waals surface area contributed by atoms with Crippen LogP contribution in [0, 0.1) is 5.41 Å². The minimum Gasteiger partial charge on any atom is -0.530 e. The Morgan fingerprint density at radius 2 is 1.93 bits per heavy atom. The first kappa shape index (κ1) is 18.7. The molecule has 4 rings (SSSR count). The number of sulfonamides is 1. The zero-order valence-corrected chi connectivity index (χ0v) is 15.8. The molecule has 0 N–H and O–H groups in total. The quantitative estimate of drug-likeness (QED) is 0.757. The van der Waals surface area contributed by atoms with Crippen molar-refractivity contribution in [2.75, 3.05) is 19.6 Å². The highest BCUT2D eigenvalue weighted by molar-refractivity contribution is 7.89. The van der Waals surface area contributed by atoms with Crippen LogP contribution in [0.2, 0.25) is 0 Å². The van der Waals surface area contributed by atoms with E-state index in [4.69, 9.17) is 4.42 Å². The van der Waals surface area contributed by atoms with Gasteiger partial charge in [0.1, 0.15) is 6.09 Å². The van der Waals surface area contributed by atoms with E-state index in [1.807, 2.05) is 0 Å². The number of benzene rings is 1. The van der Waals surface area contributed by atoms with Crippen molar-refractivity contribution in [2.45, 2.75) is 23.7 Å². The Hall–Kier alpha value is -2.65. The molecule has 0 bridgehead atoms. The predicted molar refractivity (Wildman–Crippen MR) is 95.4 cm³/mol. The van der Waals surface area contributed by atoms with Crippen LogP contribution in [0.25, 0.3) is 0 Å². The Balaban J connectivity index is 1.73. The lowest BCUT2D eigenvalue weighted by atomic mass is 9.68. The minimum atomic E-state index is -3.80. The molecule has 3 heterocycles. The molecule has 0 aliphatic carbocycles. The summed E-state index contributed by atoms with van der Waals surface area (Å²) in [6, 6.07) is 9.76. The summed E-state index contributed by atoms with van der Waals surface area (Å²) in [7, 11) is -3.80. The molecule has 28 heavy (non-hydrogen) atoms. The molecule has 2 saturated heterocycles. The zero-order chi connectivity index (χ0) is 19.9. The van der Waals surface area contributed by atoms with Gasteiger partial charge in [-0.1, -0.05) is 18.2 Å². The van der Waals surface area contributed by atoms with Crippen LogP contribution >= 0.6 is 0 Å². The zero-order valence-electron chi connectivity index (χ0n) is 15.0. The van der Waals surface area contributed by atoms with Crippen LogP contribution in [0.15, 0.2) is 58.2 Å². The van der Waals surface area contributed by atoms with Crippen molar-refractivity contribution in [3.8, 4) is 0 Å². The van der Waals surface area contributed by atoms with Gasteiger partial charge in [0.05, 0.1) is 22.8 Å². The topological polar surface area (TPSA) is 111 Å². The van der Waals surface area contributed by atoms with E-state index in [0.29, 0.717) is 11.3 Å². The molecule has 1 aromatic heterocycles. The lowest BCUT2D eigenvalue weighted by Gasteiger charge is -2.44. The van der Waals surface area contributed by atoms with Gasteiger partial charge in [-0.25, -0.2) is 8.42 Å². The number of hydrogen-bond acceptors (Lipinski definition) is 6. The summed E-state index contributed by atoms with van der Waals surface area (Å²) in [5.41, 5.74) is -0.394. The number of nitrogens with zero attached hydrogens (tertiary/aromatic N) is 2. The molecule has 1 aromatic carbocycles. The van der Waals surface area contributed by atoms with Crippen LogP contribution < -0.4 is 5.11 Å². The van der Waals surface area contributed by atoms with E-state index in [9.17, 15) is 23.1 Å². The van der Waals surface area contributed by atoms with Crippen molar-refractivity contribution in [1.82, 2.24) is 9.21 Å². The van der Waals surface area contributed by atoms with Crippen molar-refractivity contribution < 1.29 is 27.5 Å². The van der Waals surface area contributed by atoms with Crippen molar-refractivity contribution in [2.24, 2.45) is 5.41 Å². The van der Waals surface area contributed by atoms with E-state index in [1.54, 1.807) is 24.3 Å². The monoisotopic (exact) mass is 403 g/mol. The predicted octanol–water partition coefficient (Wildman–Crippen LogP) is 1.02. The fourth-order valence-corrected chi connectivity index (χ4v) is 5.94. The van der Waals surface area contributed by atoms with Gasteiger partial charge in [-0.3, -0.25) is 9.69 Å². The summed E-state index contributed by atoms with van der Waals surface area (Å²) in [4.78, 5) is 25.3. The molecule has 2 amide bonds. The second-order valence-electron chi connectivity index (χ2n) is 7.18. The van der Waals surface area contributed by atoms with Gasteiger partial charge in [0.2, 0.25) is 15.9 Å². The standard InChI is InChI=1S/C19H20N2O6S/c22-17-19(8-10-21(17)18(23)24)13-20(9-6-16(19)14-7-11-27-12-14)28(25,26)15-4-2-1-3-5-15/h1-5,7,11-12,16H,6,8-10,13H2,(H,23,24)/p-1. The fraction of sp³-hybridized carbons (Fsp3) is 0.368. The maximum Gasteiger partial charge on any atom is 0.243 e. The molecule has 2 fully saturated rings. The average molecular weight is 403 g/mol. The summed E-state index contributed by atoms with van der Waals surface area (Å²) < 4.78 is 32.6. The first-order valence-corrected chi connectivity index (χ1v) is 10.4. The molecule has 8 nitrogen and oxygen atoms in total.